The lowest BCUT2D eigenvalue weighted by Gasteiger charge is -2.36. The maximum atomic E-state index is 11.8. The van der Waals surface area contributed by atoms with Crippen molar-refractivity contribution in [1.82, 2.24) is 4.90 Å². The Morgan fingerprint density at radius 2 is 1.57 bits per heavy atom. The van der Waals surface area contributed by atoms with Crippen molar-refractivity contribution in [1.29, 1.82) is 0 Å². The summed E-state index contributed by atoms with van der Waals surface area (Å²) < 4.78 is 0. The highest BCUT2D eigenvalue weighted by atomic mass is 16.2. The summed E-state index contributed by atoms with van der Waals surface area (Å²) >= 11 is 0. The average molecular weight is 301 g/mol. The molecule has 1 atom stereocenters. The maximum absolute atomic E-state index is 11.8. The van der Waals surface area contributed by atoms with E-state index in [0.717, 1.165) is 23.1 Å². The van der Waals surface area contributed by atoms with E-state index in [1.54, 1.807) is 0 Å². The van der Waals surface area contributed by atoms with Gasteiger partial charge in [0.2, 0.25) is 0 Å². The van der Waals surface area contributed by atoms with Gasteiger partial charge in [0.05, 0.1) is 6.04 Å². The van der Waals surface area contributed by atoms with Crippen molar-refractivity contribution in [3.8, 4) is 0 Å². The summed E-state index contributed by atoms with van der Waals surface area (Å²) in [5.74, 6) is -0.424. The van der Waals surface area contributed by atoms with Gasteiger partial charge in [-0.2, -0.15) is 0 Å². The molecular weight excluding hydrogens is 286 g/mol. The van der Waals surface area contributed by atoms with Gasteiger partial charge < -0.3 is 0 Å². The Balaban J connectivity index is 1.58. The Bertz CT molecular complexity index is 831. The fraction of sp³-hybridized carbons (Fsp3) is 0.100. The van der Waals surface area contributed by atoms with Crippen molar-refractivity contribution < 1.29 is 9.59 Å². The molecule has 2 aromatic rings. The Hall–Kier alpha value is -2.94. The van der Waals surface area contributed by atoms with Crippen LogP contribution in [-0.2, 0) is 16.0 Å². The molecule has 0 bridgehead atoms. The minimum absolute atomic E-state index is 0.120. The van der Waals surface area contributed by atoms with Gasteiger partial charge in [0, 0.05) is 12.2 Å². The predicted octanol–water partition coefficient (Wildman–Crippen LogP) is 3.38. The molecule has 0 saturated heterocycles. The third kappa shape index (κ3) is 2.40. The molecular formula is C20H15NO2. The lowest BCUT2D eigenvalue weighted by Crippen LogP contribution is -2.40. The van der Waals surface area contributed by atoms with Crippen LogP contribution >= 0.6 is 0 Å². The lowest BCUT2D eigenvalue weighted by molar-refractivity contribution is -0.140. The van der Waals surface area contributed by atoms with Crippen molar-refractivity contribution in [3.05, 3.63) is 82.9 Å². The van der Waals surface area contributed by atoms with Crippen molar-refractivity contribution in [2.24, 2.45) is 0 Å². The average Bonchev–Trinajstić information content (AvgIpc) is 2.88. The SMILES string of the molecule is O=C1C=CC(=O)N1C1Cc2ccc(/C=C/c3ccccc3)cc21. The summed E-state index contributed by atoms with van der Waals surface area (Å²) in [6, 6.07) is 16.2. The molecule has 1 aliphatic heterocycles. The van der Waals surface area contributed by atoms with E-state index in [1.807, 2.05) is 30.3 Å². The van der Waals surface area contributed by atoms with Gasteiger partial charge in [-0.3, -0.25) is 14.5 Å². The van der Waals surface area contributed by atoms with Crippen LogP contribution in [0, 0.1) is 0 Å². The van der Waals surface area contributed by atoms with Crippen LogP contribution in [0.3, 0.4) is 0 Å². The van der Waals surface area contributed by atoms with Crippen molar-refractivity contribution >= 4 is 24.0 Å². The highest BCUT2D eigenvalue weighted by Gasteiger charge is 2.38. The van der Waals surface area contributed by atoms with Gasteiger partial charge in [0.15, 0.2) is 0 Å². The molecule has 1 heterocycles. The van der Waals surface area contributed by atoms with Crippen LogP contribution < -0.4 is 0 Å². The van der Waals surface area contributed by atoms with Crippen molar-refractivity contribution in [2.75, 3.05) is 0 Å². The molecule has 0 radical (unpaired) electrons. The Morgan fingerprint density at radius 1 is 0.870 bits per heavy atom. The summed E-state index contributed by atoms with van der Waals surface area (Å²) in [5.41, 5.74) is 4.50. The summed E-state index contributed by atoms with van der Waals surface area (Å²) in [6.45, 7) is 0. The minimum Gasteiger partial charge on any atom is -0.269 e. The smallest absolute Gasteiger partial charge is 0.254 e. The molecule has 112 valence electrons. The first-order chi connectivity index (χ1) is 11.2. The molecule has 0 aromatic heterocycles. The summed E-state index contributed by atoms with van der Waals surface area (Å²) in [4.78, 5) is 25.0. The van der Waals surface area contributed by atoms with Gasteiger partial charge >= 0.3 is 0 Å². The molecule has 0 saturated carbocycles. The first-order valence-electron chi connectivity index (χ1n) is 7.63. The van der Waals surface area contributed by atoms with E-state index in [0.29, 0.717) is 0 Å². The third-order valence-electron chi connectivity index (χ3n) is 4.37. The number of amides is 2. The van der Waals surface area contributed by atoms with E-state index >= 15 is 0 Å². The second-order valence-corrected chi connectivity index (χ2v) is 5.80. The van der Waals surface area contributed by atoms with E-state index in [9.17, 15) is 9.59 Å². The van der Waals surface area contributed by atoms with Crippen LogP contribution in [0.5, 0.6) is 0 Å². The number of imide groups is 1. The van der Waals surface area contributed by atoms with E-state index in [4.69, 9.17) is 0 Å². The molecule has 2 aliphatic rings. The van der Waals surface area contributed by atoms with E-state index in [2.05, 4.69) is 30.4 Å². The standard InChI is InChI=1S/C20H15NO2/c22-19-10-11-20(23)21(19)18-13-16-9-8-15(12-17(16)18)7-6-14-4-2-1-3-5-14/h1-12,18H,13H2/b7-6+. The molecule has 2 aromatic carbocycles. The predicted molar refractivity (Wildman–Crippen MR) is 89.3 cm³/mol. The Morgan fingerprint density at radius 3 is 2.30 bits per heavy atom. The van der Waals surface area contributed by atoms with Crippen LogP contribution in [0.2, 0.25) is 0 Å². The fourth-order valence-corrected chi connectivity index (χ4v) is 3.11. The number of carbonyl (C=O) groups is 2. The summed E-state index contributed by atoms with van der Waals surface area (Å²) in [7, 11) is 0. The van der Waals surface area contributed by atoms with E-state index < -0.39 is 0 Å². The highest BCUT2D eigenvalue weighted by molar-refractivity contribution is 6.13. The van der Waals surface area contributed by atoms with Crippen LogP contribution in [0.4, 0.5) is 0 Å². The van der Waals surface area contributed by atoms with Crippen LogP contribution in [0.1, 0.15) is 28.3 Å². The van der Waals surface area contributed by atoms with Crippen molar-refractivity contribution in [2.45, 2.75) is 12.5 Å². The monoisotopic (exact) mass is 301 g/mol. The molecule has 2 amide bonds. The van der Waals surface area contributed by atoms with Gasteiger partial charge in [-0.05, 0) is 34.7 Å². The van der Waals surface area contributed by atoms with E-state index in [1.165, 1.54) is 22.6 Å². The zero-order valence-electron chi connectivity index (χ0n) is 12.5. The van der Waals surface area contributed by atoms with Gasteiger partial charge in [-0.25, -0.2) is 0 Å². The largest absolute Gasteiger partial charge is 0.269 e. The number of hydrogen-bond donors (Lipinski definition) is 0. The lowest BCUT2D eigenvalue weighted by atomic mass is 9.81. The minimum atomic E-state index is -0.212. The molecule has 0 N–H and O–H groups in total. The second kappa shape index (κ2) is 5.36. The zero-order valence-corrected chi connectivity index (χ0v) is 12.5. The summed E-state index contributed by atoms with van der Waals surface area (Å²) in [6.07, 6.45) is 7.55. The molecule has 1 unspecified atom stereocenters. The topological polar surface area (TPSA) is 37.4 Å². The molecule has 0 spiro atoms. The first-order valence-corrected chi connectivity index (χ1v) is 7.63. The van der Waals surface area contributed by atoms with Crippen LogP contribution in [0.15, 0.2) is 60.7 Å². The van der Waals surface area contributed by atoms with Gasteiger partial charge in [0.1, 0.15) is 0 Å². The van der Waals surface area contributed by atoms with Crippen LogP contribution in [0.25, 0.3) is 12.2 Å². The second-order valence-electron chi connectivity index (χ2n) is 5.80. The highest BCUT2D eigenvalue weighted by Crippen LogP contribution is 2.39. The maximum Gasteiger partial charge on any atom is 0.254 e. The van der Waals surface area contributed by atoms with Crippen LogP contribution in [-0.4, -0.2) is 16.7 Å². The fourth-order valence-electron chi connectivity index (χ4n) is 3.11. The summed E-state index contributed by atoms with van der Waals surface area (Å²) in [5, 5.41) is 0. The number of rotatable bonds is 3. The number of benzene rings is 2. The van der Waals surface area contributed by atoms with Gasteiger partial charge in [-0.1, -0.05) is 54.6 Å². The van der Waals surface area contributed by atoms with Gasteiger partial charge in [-0.15, -0.1) is 0 Å². The van der Waals surface area contributed by atoms with E-state index in [-0.39, 0.29) is 17.9 Å². The number of fused-ring (bicyclic) bond motifs is 1. The zero-order chi connectivity index (χ0) is 15.8. The Labute approximate surface area is 134 Å². The molecule has 0 fully saturated rings. The molecule has 3 heteroatoms. The normalized spacial score (nSPS) is 19.3. The number of nitrogens with zero attached hydrogens (tertiary/aromatic N) is 1. The van der Waals surface area contributed by atoms with Gasteiger partial charge in [0.25, 0.3) is 11.8 Å². The van der Waals surface area contributed by atoms with Crippen molar-refractivity contribution in [3.63, 3.8) is 0 Å². The molecule has 23 heavy (non-hydrogen) atoms. The molecule has 1 aliphatic carbocycles. The number of hydrogen-bond acceptors (Lipinski definition) is 2. The Kier molecular flexibility index (Phi) is 3.19. The number of carbonyl (C=O) groups excluding carboxylic acids is 2. The molecule has 3 nitrogen and oxygen atoms in total. The first kappa shape index (κ1) is 13.7. The molecule has 4 rings (SSSR count). The third-order valence-corrected chi connectivity index (χ3v) is 4.37. The quantitative estimate of drug-likeness (QED) is 0.644.